The Bertz CT molecular complexity index is 1280. The second-order valence-corrected chi connectivity index (χ2v) is 7.80. The highest BCUT2D eigenvalue weighted by Crippen LogP contribution is 2.25. The molecule has 0 unspecified atom stereocenters. The molecule has 34 heavy (non-hydrogen) atoms. The molecule has 1 amide bonds. The average molecular weight is 454 g/mol. The van der Waals surface area contributed by atoms with Gasteiger partial charge in [0.05, 0.1) is 6.20 Å². The number of hydrogen-bond acceptors (Lipinski definition) is 4. The molecule has 2 aromatic heterocycles. The summed E-state index contributed by atoms with van der Waals surface area (Å²) < 4.78 is 20.1. The van der Waals surface area contributed by atoms with Crippen molar-refractivity contribution in [3.05, 3.63) is 126 Å². The van der Waals surface area contributed by atoms with Crippen LogP contribution in [0.15, 0.2) is 97.6 Å². The lowest BCUT2D eigenvalue weighted by atomic mass is 10.1. The van der Waals surface area contributed by atoms with Gasteiger partial charge in [0.1, 0.15) is 5.75 Å². The number of pyridine rings is 2. The number of carbonyl (C=O) groups is 1. The molecule has 2 heterocycles. The molecule has 0 saturated carbocycles. The van der Waals surface area contributed by atoms with E-state index in [1.54, 1.807) is 47.8 Å². The molecular formula is C28H24FN3O2. The van der Waals surface area contributed by atoms with Crippen molar-refractivity contribution in [3.63, 3.8) is 0 Å². The van der Waals surface area contributed by atoms with E-state index in [0.29, 0.717) is 24.4 Å². The SMILES string of the molecule is Cc1ccccc1CN(Cc1cccnc1)C(=O)/C=C/c1ccc(Oc2cccnc2)c(F)c1. The maximum Gasteiger partial charge on any atom is 0.247 e. The van der Waals surface area contributed by atoms with E-state index >= 15 is 0 Å². The number of rotatable bonds is 8. The second kappa shape index (κ2) is 11.0. The normalized spacial score (nSPS) is 10.9. The molecule has 170 valence electrons. The zero-order valence-corrected chi connectivity index (χ0v) is 18.8. The first-order valence-electron chi connectivity index (χ1n) is 10.9. The fraction of sp³-hybridized carbons (Fsp3) is 0.107. The summed E-state index contributed by atoms with van der Waals surface area (Å²) in [6.07, 6.45) is 9.64. The number of nitrogens with zero attached hydrogens (tertiary/aromatic N) is 3. The van der Waals surface area contributed by atoms with Gasteiger partial charge in [-0.15, -0.1) is 0 Å². The number of ether oxygens (including phenoxy) is 1. The summed E-state index contributed by atoms with van der Waals surface area (Å²) in [6.45, 7) is 2.89. The van der Waals surface area contributed by atoms with Crippen LogP contribution in [-0.2, 0) is 17.9 Å². The van der Waals surface area contributed by atoms with E-state index in [9.17, 15) is 9.18 Å². The number of halogens is 1. The predicted molar refractivity (Wildman–Crippen MR) is 129 cm³/mol. The van der Waals surface area contributed by atoms with Crippen LogP contribution >= 0.6 is 0 Å². The minimum Gasteiger partial charge on any atom is -0.453 e. The van der Waals surface area contributed by atoms with E-state index in [2.05, 4.69) is 9.97 Å². The molecule has 0 spiro atoms. The largest absolute Gasteiger partial charge is 0.453 e. The Balaban J connectivity index is 1.50. The summed E-state index contributed by atoms with van der Waals surface area (Å²) in [5.74, 6) is -0.162. The molecule has 4 rings (SSSR count). The van der Waals surface area contributed by atoms with E-state index in [0.717, 1.165) is 16.7 Å². The Morgan fingerprint density at radius 1 is 0.971 bits per heavy atom. The Morgan fingerprint density at radius 3 is 2.47 bits per heavy atom. The topological polar surface area (TPSA) is 55.3 Å². The molecule has 0 aliphatic rings. The molecule has 0 atom stereocenters. The molecule has 5 nitrogen and oxygen atoms in total. The van der Waals surface area contributed by atoms with Gasteiger partial charge in [0, 0.05) is 37.8 Å². The summed E-state index contributed by atoms with van der Waals surface area (Å²) in [7, 11) is 0. The van der Waals surface area contributed by atoms with Crippen LogP contribution < -0.4 is 4.74 Å². The van der Waals surface area contributed by atoms with Crippen LogP contribution in [0.1, 0.15) is 22.3 Å². The Kier molecular flexibility index (Phi) is 7.40. The molecule has 0 bridgehead atoms. The number of carbonyl (C=O) groups excluding carboxylic acids is 1. The van der Waals surface area contributed by atoms with Gasteiger partial charge in [-0.25, -0.2) is 4.39 Å². The smallest absolute Gasteiger partial charge is 0.247 e. The van der Waals surface area contributed by atoms with Crippen LogP contribution in [0.3, 0.4) is 0 Å². The van der Waals surface area contributed by atoms with Gasteiger partial charge in [0.15, 0.2) is 11.6 Å². The van der Waals surface area contributed by atoms with E-state index in [-0.39, 0.29) is 11.7 Å². The average Bonchev–Trinajstić information content (AvgIpc) is 2.86. The highest BCUT2D eigenvalue weighted by atomic mass is 19.1. The fourth-order valence-corrected chi connectivity index (χ4v) is 3.43. The maximum atomic E-state index is 14.6. The van der Waals surface area contributed by atoms with Crippen molar-refractivity contribution in [3.8, 4) is 11.5 Å². The molecule has 0 aliphatic carbocycles. The molecule has 0 radical (unpaired) electrons. The van der Waals surface area contributed by atoms with Crippen LogP contribution in [0.4, 0.5) is 4.39 Å². The zero-order valence-electron chi connectivity index (χ0n) is 18.8. The van der Waals surface area contributed by atoms with Gasteiger partial charge >= 0.3 is 0 Å². The van der Waals surface area contributed by atoms with Crippen molar-refractivity contribution < 1.29 is 13.9 Å². The van der Waals surface area contributed by atoms with Crippen LogP contribution in [0, 0.1) is 12.7 Å². The number of benzene rings is 2. The Labute approximate surface area is 198 Å². The number of hydrogen-bond donors (Lipinski definition) is 0. The lowest BCUT2D eigenvalue weighted by Gasteiger charge is -2.22. The third-order valence-corrected chi connectivity index (χ3v) is 5.27. The van der Waals surface area contributed by atoms with E-state index in [1.807, 2.05) is 43.3 Å². The van der Waals surface area contributed by atoms with Crippen molar-refractivity contribution in [1.29, 1.82) is 0 Å². The quantitative estimate of drug-likeness (QED) is 0.309. The van der Waals surface area contributed by atoms with Crippen LogP contribution in [0.2, 0.25) is 0 Å². The molecule has 0 N–H and O–H groups in total. The van der Waals surface area contributed by atoms with Crippen LogP contribution in [-0.4, -0.2) is 20.8 Å². The Morgan fingerprint density at radius 2 is 1.76 bits per heavy atom. The monoisotopic (exact) mass is 453 g/mol. The lowest BCUT2D eigenvalue weighted by Crippen LogP contribution is -2.28. The highest BCUT2D eigenvalue weighted by molar-refractivity contribution is 5.91. The molecule has 2 aromatic carbocycles. The van der Waals surface area contributed by atoms with Gasteiger partial charge in [-0.3, -0.25) is 14.8 Å². The fourth-order valence-electron chi connectivity index (χ4n) is 3.43. The lowest BCUT2D eigenvalue weighted by molar-refractivity contribution is -0.127. The molecule has 0 aliphatic heterocycles. The molecule has 0 fully saturated rings. The van der Waals surface area contributed by atoms with Gasteiger partial charge < -0.3 is 9.64 Å². The minimum absolute atomic E-state index is 0.0919. The molecular weight excluding hydrogens is 429 g/mol. The van der Waals surface area contributed by atoms with Crippen molar-refractivity contribution in [2.75, 3.05) is 0 Å². The summed E-state index contributed by atoms with van der Waals surface area (Å²) in [5, 5.41) is 0. The first kappa shape index (κ1) is 22.9. The van der Waals surface area contributed by atoms with Crippen molar-refractivity contribution in [1.82, 2.24) is 14.9 Å². The van der Waals surface area contributed by atoms with E-state index in [4.69, 9.17) is 4.74 Å². The molecule has 6 heteroatoms. The van der Waals surface area contributed by atoms with Gasteiger partial charge in [-0.05, 0) is 65.6 Å². The predicted octanol–water partition coefficient (Wildman–Crippen LogP) is 5.96. The summed E-state index contributed by atoms with van der Waals surface area (Å²) in [6, 6.07) is 19.7. The number of aromatic nitrogens is 2. The van der Waals surface area contributed by atoms with Gasteiger partial charge in [0.2, 0.25) is 5.91 Å². The summed E-state index contributed by atoms with van der Waals surface area (Å²) in [4.78, 5) is 23.0. The standard InChI is InChI=1S/C28H24FN3O2/c1-21-6-2-3-8-24(21)20-32(19-23-7-4-14-30-17-23)28(33)13-11-22-10-12-27(26(29)16-22)34-25-9-5-15-31-18-25/h2-18H,19-20H2,1H3/b13-11+. The van der Waals surface area contributed by atoms with Gasteiger partial charge in [0.25, 0.3) is 0 Å². The van der Waals surface area contributed by atoms with E-state index in [1.165, 1.54) is 24.4 Å². The minimum atomic E-state index is -0.523. The highest BCUT2D eigenvalue weighted by Gasteiger charge is 2.14. The Hall–Kier alpha value is -4.32. The van der Waals surface area contributed by atoms with Gasteiger partial charge in [-0.2, -0.15) is 0 Å². The first-order valence-corrected chi connectivity index (χ1v) is 10.9. The number of amides is 1. The van der Waals surface area contributed by atoms with Crippen molar-refractivity contribution >= 4 is 12.0 Å². The number of aryl methyl sites for hydroxylation is 1. The maximum absolute atomic E-state index is 14.6. The van der Waals surface area contributed by atoms with Crippen LogP contribution in [0.5, 0.6) is 11.5 Å². The first-order chi connectivity index (χ1) is 16.6. The summed E-state index contributed by atoms with van der Waals surface area (Å²) in [5.41, 5.74) is 3.67. The van der Waals surface area contributed by atoms with Crippen molar-refractivity contribution in [2.45, 2.75) is 20.0 Å². The summed E-state index contributed by atoms with van der Waals surface area (Å²) >= 11 is 0. The van der Waals surface area contributed by atoms with E-state index < -0.39 is 5.82 Å². The third kappa shape index (κ3) is 6.13. The van der Waals surface area contributed by atoms with Crippen LogP contribution in [0.25, 0.3) is 6.08 Å². The molecule has 0 saturated heterocycles. The second-order valence-electron chi connectivity index (χ2n) is 7.80. The third-order valence-electron chi connectivity index (χ3n) is 5.27. The van der Waals surface area contributed by atoms with Crippen molar-refractivity contribution in [2.24, 2.45) is 0 Å². The zero-order chi connectivity index (χ0) is 23.8. The van der Waals surface area contributed by atoms with Gasteiger partial charge in [-0.1, -0.05) is 36.4 Å². The molecule has 4 aromatic rings.